The lowest BCUT2D eigenvalue weighted by atomic mass is 9.83. The number of methoxy groups -OCH3 is 1. The maximum atomic E-state index is 12.4. The molecule has 1 aromatic carbocycles. The minimum atomic E-state index is -3.45. The van der Waals surface area contributed by atoms with E-state index >= 15 is 0 Å². The van der Waals surface area contributed by atoms with Crippen molar-refractivity contribution < 1.29 is 13.2 Å². The minimum absolute atomic E-state index is 0.0734. The van der Waals surface area contributed by atoms with Gasteiger partial charge in [-0.25, -0.2) is 13.1 Å². The van der Waals surface area contributed by atoms with E-state index in [4.69, 9.17) is 4.74 Å². The summed E-state index contributed by atoms with van der Waals surface area (Å²) in [6.45, 7) is 5.54. The van der Waals surface area contributed by atoms with Crippen molar-refractivity contribution in [2.75, 3.05) is 13.7 Å². The molecule has 1 aliphatic carbocycles. The third-order valence-corrected chi connectivity index (χ3v) is 5.34. The number of hydrogen-bond acceptors (Lipinski definition) is 4. The Labute approximate surface area is 127 Å². The standard InChI is InChI=1S/C15H24N2O3S/c1-4-16-10-12-9-14(5-6-15(12)20-3)21(18,19)17-13-7-11(2)8-13/h5-6,9,11,13,16-17H,4,7-8,10H2,1-3H3. The van der Waals surface area contributed by atoms with Gasteiger partial charge < -0.3 is 10.1 Å². The van der Waals surface area contributed by atoms with Crippen molar-refractivity contribution in [1.82, 2.24) is 10.0 Å². The molecule has 0 atom stereocenters. The van der Waals surface area contributed by atoms with Crippen LogP contribution < -0.4 is 14.8 Å². The molecule has 1 saturated carbocycles. The van der Waals surface area contributed by atoms with Gasteiger partial charge in [-0.15, -0.1) is 0 Å². The van der Waals surface area contributed by atoms with Crippen LogP contribution in [0.5, 0.6) is 5.75 Å². The smallest absolute Gasteiger partial charge is 0.240 e. The molecule has 0 amide bonds. The molecule has 0 radical (unpaired) electrons. The summed E-state index contributed by atoms with van der Waals surface area (Å²) in [4.78, 5) is 0.302. The average Bonchev–Trinajstić information content (AvgIpc) is 2.42. The number of hydrogen-bond donors (Lipinski definition) is 2. The fraction of sp³-hybridized carbons (Fsp3) is 0.600. The van der Waals surface area contributed by atoms with Gasteiger partial charge in [-0.3, -0.25) is 0 Å². The van der Waals surface area contributed by atoms with E-state index in [1.807, 2.05) is 6.92 Å². The third-order valence-electron chi connectivity index (χ3n) is 3.82. The first-order chi connectivity index (χ1) is 9.96. The Hall–Kier alpha value is -1.11. The van der Waals surface area contributed by atoms with Crippen molar-refractivity contribution in [2.45, 2.75) is 44.2 Å². The van der Waals surface area contributed by atoms with Crippen LogP contribution in [0.25, 0.3) is 0 Å². The lowest BCUT2D eigenvalue weighted by Crippen LogP contribution is -2.43. The lowest BCUT2D eigenvalue weighted by Gasteiger charge is -2.32. The molecule has 2 N–H and O–H groups in total. The van der Waals surface area contributed by atoms with E-state index in [0.29, 0.717) is 23.1 Å². The molecule has 1 aromatic rings. The third kappa shape index (κ3) is 3.96. The van der Waals surface area contributed by atoms with Crippen LogP contribution in [-0.4, -0.2) is 28.1 Å². The molecule has 6 heteroatoms. The summed E-state index contributed by atoms with van der Waals surface area (Å²) >= 11 is 0. The zero-order valence-electron chi connectivity index (χ0n) is 12.8. The monoisotopic (exact) mass is 312 g/mol. The summed E-state index contributed by atoms with van der Waals surface area (Å²) in [6, 6.07) is 5.07. The summed E-state index contributed by atoms with van der Waals surface area (Å²) in [7, 11) is -1.86. The van der Waals surface area contributed by atoms with E-state index in [-0.39, 0.29) is 6.04 Å². The van der Waals surface area contributed by atoms with Gasteiger partial charge in [0.1, 0.15) is 5.75 Å². The number of ether oxygens (including phenoxy) is 1. The Morgan fingerprint density at radius 3 is 2.62 bits per heavy atom. The zero-order valence-corrected chi connectivity index (χ0v) is 13.7. The first kappa shape index (κ1) is 16.3. The van der Waals surface area contributed by atoms with Crippen LogP contribution in [0, 0.1) is 5.92 Å². The topological polar surface area (TPSA) is 67.4 Å². The molecule has 1 fully saturated rings. The predicted molar refractivity (Wildman–Crippen MR) is 82.9 cm³/mol. The highest BCUT2D eigenvalue weighted by molar-refractivity contribution is 7.89. The molecule has 0 heterocycles. The maximum Gasteiger partial charge on any atom is 0.240 e. The Balaban J connectivity index is 2.18. The van der Waals surface area contributed by atoms with Crippen molar-refractivity contribution in [3.05, 3.63) is 23.8 Å². The van der Waals surface area contributed by atoms with Crippen molar-refractivity contribution in [2.24, 2.45) is 5.92 Å². The normalized spacial score (nSPS) is 21.9. The first-order valence-corrected chi connectivity index (χ1v) is 8.84. The quantitative estimate of drug-likeness (QED) is 0.807. The fourth-order valence-corrected chi connectivity index (χ4v) is 3.92. The van der Waals surface area contributed by atoms with E-state index in [1.54, 1.807) is 25.3 Å². The number of sulfonamides is 1. The molecule has 1 aliphatic rings. The van der Waals surface area contributed by atoms with Crippen LogP contribution in [0.15, 0.2) is 23.1 Å². The summed E-state index contributed by atoms with van der Waals surface area (Å²) < 4.78 is 32.8. The van der Waals surface area contributed by atoms with Gasteiger partial charge >= 0.3 is 0 Å². The molecular weight excluding hydrogens is 288 g/mol. The van der Waals surface area contributed by atoms with Crippen LogP contribution in [0.4, 0.5) is 0 Å². The van der Waals surface area contributed by atoms with Crippen LogP contribution in [0.1, 0.15) is 32.3 Å². The second kappa shape index (κ2) is 6.77. The van der Waals surface area contributed by atoms with Gasteiger partial charge in [-0.05, 0) is 43.5 Å². The summed E-state index contributed by atoms with van der Waals surface area (Å²) in [5.41, 5.74) is 0.851. The molecule has 0 spiro atoms. The van der Waals surface area contributed by atoms with Crippen molar-refractivity contribution >= 4 is 10.0 Å². The molecule has 0 aliphatic heterocycles. The SMILES string of the molecule is CCNCc1cc(S(=O)(=O)NC2CC(C)C2)ccc1OC. The van der Waals surface area contributed by atoms with Gasteiger partial charge in [0, 0.05) is 18.2 Å². The molecule has 0 saturated heterocycles. The molecule has 5 nitrogen and oxygen atoms in total. The Bertz CT molecular complexity index is 581. The molecule has 21 heavy (non-hydrogen) atoms. The van der Waals surface area contributed by atoms with Crippen molar-refractivity contribution in [1.29, 1.82) is 0 Å². The molecule has 2 rings (SSSR count). The maximum absolute atomic E-state index is 12.4. The van der Waals surface area contributed by atoms with Gasteiger partial charge in [0.2, 0.25) is 10.0 Å². The van der Waals surface area contributed by atoms with Crippen LogP contribution in [0.2, 0.25) is 0 Å². The van der Waals surface area contributed by atoms with Gasteiger partial charge in [0.05, 0.1) is 12.0 Å². The van der Waals surface area contributed by atoms with Gasteiger partial charge in [0.15, 0.2) is 0 Å². The van der Waals surface area contributed by atoms with Crippen LogP contribution >= 0.6 is 0 Å². The van der Waals surface area contributed by atoms with E-state index < -0.39 is 10.0 Å². The molecule has 0 bridgehead atoms. The van der Waals surface area contributed by atoms with Crippen molar-refractivity contribution in [3.63, 3.8) is 0 Å². The van der Waals surface area contributed by atoms with Gasteiger partial charge in [-0.1, -0.05) is 13.8 Å². The lowest BCUT2D eigenvalue weighted by molar-refractivity contribution is 0.270. The summed E-state index contributed by atoms with van der Waals surface area (Å²) in [6.07, 6.45) is 1.83. The van der Waals surface area contributed by atoms with Gasteiger partial charge in [-0.2, -0.15) is 0 Å². The van der Waals surface area contributed by atoms with E-state index in [1.165, 1.54) is 0 Å². The Morgan fingerprint density at radius 1 is 1.33 bits per heavy atom. The van der Waals surface area contributed by atoms with E-state index in [0.717, 1.165) is 24.9 Å². The minimum Gasteiger partial charge on any atom is -0.496 e. The van der Waals surface area contributed by atoms with Crippen LogP contribution in [0.3, 0.4) is 0 Å². The summed E-state index contributed by atoms with van der Waals surface area (Å²) in [5.74, 6) is 1.31. The van der Waals surface area contributed by atoms with Gasteiger partial charge in [0.25, 0.3) is 0 Å². The predicted octanol–water partition coefficient (Wildman–Crippen LogP) is 1.88. The number of nitrogens with one attached hydrogen (secondary N) is 2. The highest BCUT2D eigenvalue weighted by atomic mass is 32.2. The summed E-state index contributed by atoms with van der Waals surface area (Å²) in [5, 5.41) is 3.19. The first-order valence-electron chi connectivity index (χ1n) is 7.36. The highest BCUT2D eigenvalue weighted by Gasteiger charge is 2.30. The van der Waals surface area contributed by atoms with Crippen LogP contribution in [-0.2, 0) is 16.6 Å². The largest absolute Gasteiger partial charge is 0.496 e. The zero-order chi connectivity index (χ0) is 15.5. The Morgan fingerprint density at radius 2 is 2.05 bits per heavy atom. The molecule has 0 aromatic heterocycles. The highest BCUT2D eigenvalue weighted by Crippen LogP contribution is 2.28. The number of benzene rings is 1. The number of rotatable bonds is 7. The van der Waals surface area contributed by atoms with Crippen molar-refractivity contribution in [3.8, 4) is 5.75 Å². The second-order valence-corrected chi connectivity index (χ2v) is 7.36. The van der Waals surface area contributed by atoms with E-state index in [9.17, 15) is 8.42 Å². The Kier molecular flexibility index (Phi) is 5.24. The average molecular weight is 312 g/mol. The molecule has 0 unspecified atom stereocenters. The molecular formula is C15H24N2O3S. The second-order valence-electron chi connectivity index (χ2n) is 5.65. The molecule has 118 valence electrons. The van der Waals surface area contributed by atoms with E-state index in [2.05, 4.69) is 17.0 Å². The fourth-order valence-electron chi connectivity index (χ4n) is 2.61.